The third-order valence-corrected chi connectivity index (χ3v) is 5.71. The molecule has 1 N–H and O–H groups in total. The number of benzene rings is 2. The SMILES string of the molecule is CCN(CC)c1ccc(-c2nnc(SCC(=O)Nc3ccc(F)cc3)n2CC)cc1. The Morgan fingerprint density at radius 1 is 1.03 bits per heavy atom. The first-order valence-corrected chi connectivity index (χ1v) is 11.0. The Morgan fingerprint density at radius 3 is 2.30 bits per heavy atom. The number of hydrogen-bond acceptors (Lipinski definition) is 5. The minimum Gasteiger partial charge on any atom is -0.372 e. The van der Waals surface area contributed by atoms with Crippen LogP contribution in [0.1, 0.15) is 20.8 Å². The number of halogens is 1. The van der Waals surface area contributed by atoms with Gasteiger partial charge in [-0.3, -0.25) is 4.79 Å². The molecule has 30 heavy (non-hydrogen) atoms. The van der Waals surface area contributed by atoms with Crippen molar-refractivity contribution in [2.75, 3.05) is 29.1 Å². The molecule has 6 nitrogen and oxygen atoms in total. The van der Waals surface area contributed by atoms with Crippen LogP contribution >= 0.6 is 11.8 Å². The maximum atomic E-state index is 13.0. The van der Waals surface area contributed by atoms with E-state index in [2.05, 4.69) is 58.5 Å². The molecule has 1 amide bonds. The highest BCUT2D eigenvalue weighted by Crippen LogP contribution is 2.26. The summed E-state index contributed by atoms with van der Waals surface area (Å²) in [5.41, 5.74) is 2.73. The number of thioether (sulfide) groups is 1. The van der Waals surface area contributed by atoms with Crippen LogP contribution in [-0.2, 0) is 11.3 Å². The summed E-state index contributed by atoms with van der Waals surface area (Å²) >= 11 is 1.33. The maximum Gasteiger partial charge on any atom is 0.234 e. The molecule has 0 bridgehead atoms. The van der Waals surface area contributed by atoms with Gasteiger partial charge in [0.25, 0.3) is 0 Å². The highest BCUT2D eigenvalue weighted by Gasteiger charge is 2.15. The Labute approximate surface area is 180 Å². The lowest BCUT2D eigenvalue weighted by atomic mass is 10.2. The Hall–Kier alpha value is -2.87. The van der Waals surface area contributed by atoms with E-state index in [4.69, 9.17) is 0 Å². The average Bonchev–Trinajstić information content (AvgIpc) is 3.18. The summed E-state index contributed by atoms with van der Waals surface area (Å²) in [7, 11) is 0. The number of amides is 1. The summed E-state index contributed by atoms with van der Waals surface area (Å²) in [6, 6.07) is 14.0. The Balaban J connectivity index is 1.68. The van der Waals surface area contributed by atoms with E-state index in [1.54, 1.807) is 0 Å². The number of carbonyl (C=O) groups is 1. The lowest BCUT2D eigenvalue weighted by Gasteiger charge is -2.21. The van der Waals surface area contributed by atoms with E-state index in [9.17, 15) is 9.18 Å². The van der Waals surface area contributed by atoms with Crippen molar-refractivity contribution in [1.29, 1.82) is 0 Å². The average molecular weight is 428 g/mol. The van der Waals surface area contributed by atoms with Crippen LogP contribution in [0.4, 0.5) is 15.8 Å². The molecule has 0 atom stereocenters. The highest BCUT2D eigenvalue weighted by molar-refractivity contribution is 7.99. The van der Waals surface area contributed by atoms with Gasteiger partial charge in [0.2, 0.25) is 5.91 Å². The third kappa shape index (κ3) is 5.18. The normalized spacial score (nSPS) is 10.8. The molecule has 8 heteroatoms. The molecular weight excluding hydrogens is 401 g/mol. The molecule has 0 aliphatic heterocycles. The molecule has 0 unspecified atom stereocenters. The van der Waals surface area contributed by atoms with Gasteiger partial charge in [-0.05, 0) is 69.3 Å². The summed E-state index contributed by atoms with van der Waals surface area (Å²) in [6.45, 7) is 8.92. The summed E-state index contributed by atoms with van der Waals surface area (Å²) in [4.78, 5) is 14.5. The fourth-order valence-electron chi connectivity index (χ4n) is 3.16. The van der Waals surface area contributed by atoms with Gasteiger partial charge >= 0.3 is 0 Å². The highest BCUT2D eigenvalue weighted by atomic mass is 32.2. The number of anilines is 2. The van der Waals surface area contributed by atoms with Crippen LogP contribution < -0.4 is 10.2 Å². The second-order valence-corrected chi connectivity index (χ2v) is 7.56. The van der Waals surface area contributed by atoms with Crippen molar-refractivity contribution in [3.8, 4) is 11.4 Å². The van der Waals surface area contributed by atoms with Crippen molar-refractivity contribution >= 4 is 29.0 Å². The molecule has 1 aromatic heterocycles. The molecule has 1 heterocycles. The van der Waals surface area contributed by atoms with Crippen LogP contribution in [-0.4, -0.2) is 39.5 Å². The molecule has 0 fully saturated rings. The van der Waals surface area contributed by atoms with E-state index in [1.807, 2.05) is 11.5 Å². The van der Waals surface area contributed by atoms with Gasteiger partial charge in [0.1, 0.15) is 5.82 Å². The monoisotopic (exact) mass is 427 g/mol. The molecule has 0 saturated heterocycles. The van der Waals surface area contributed by atoms with Gasteiger partial charge in [0, 0.05) is 36.6 Å². The summed E-state index contributed by atoms with van der Waals surface area (Å²) < 4.78 is 15.0. The van der Waals surface area contributed by atoms with E-state index in [1.165, 1.54) is 41.7 Å². The smallest absolute Gasteiger partial charge is 0.234 e. The number of nitrogens with zero attached hydrogens (tertiary/aromatic N) is 4. The molecule has 3 aromatic rings. The van der Waals surface area contributed by atoms with Crippen molar-refractivity contribution in [3.05, 3.63) is 54.3 Å². The van der Waals surface area contributed by atoms with Crippen molar-refractivity contribution in [2.24, 2.45) is 0 Å². The molecule has 3 rings (SSSR count). The van der Waals surface area contributed by atoms with Crippen LogP contribution in [0.3, 0.4) is 0 Å². The number of carbonyl (C=O) groups excluding carboxylic acids is 1. The van der Waals surface area contributed by atoms with E-state index < -0.39 is 0 Å². The van der Waals surface area contributed by atoms with Crippen LogP contribution in [0.2, 0.25) is 0 Å². The predicted molar refractivity (Wildman–Crippen MR) is 120 cm³/mol. The van der Waals surface area contributed by atoms with Gasteiger partial charge in [-0.25, -0.2) is 4.39 Å². The lowest BCUT2D eigenvalue weighted by molar-refractivity contribution is -0.113. The molecule has 0 spiro atoms. The van der Waals surface area contributed by atoms with Crippen molar-refractivity contribution in [1.82, 2.24) is 14.8 Å². The second-order valence-electron chi connectivity index (χ2n) is 6.61. The fraction of sp³-hybridized carbons (Fsp3) is 0.318. The second kappa shape index (κ2) is 10.2. The van der Waals surface area contributed by atoms with Crippen LogP contribution in [0, 0.1) is 5.82 Å². The molecular formula is C22H26FN5OS. The third-order valence-electron chi connectivity index (χ3n) is 4.75. The van der Waals surface area contributed by atoms with E-state index in [0.29, 0.717) is 17.4 Å². The molecule has 0 radical (unpaired) electrons. The standard InChI is InChI=1S/C22H26FN5OS/c1-4-27(5-2)19-13-7-16(8-14-19)21-25-26-22(28(21)6-3)30-15-20(29)24-18-11-9-17(23)10-12-18/h7-14H,4-6,15H2,1-3H3,(H,24,29). The van der Waals surface area contributed by atoms with Gasteiger partial charge in [-0.1, -0.05) is 11.8 Å². The van der Waals surface area contributed by atoms with Crippen molar-refractivity contribution in [2.45, 2.75) is 32.5 Å². The summed E-state index contributed by atoms with van der Waals surface area (Å²) in [6.07, 6.45) is 0. The summed E-state index contributed by atoms with van der Waals surface area (Å²) in [5, 5.41) is 12.1. The zero-order chi connectivity index (χ0) is 21.5. The minimum atomic E-state index is -0.337. The molecule has 2 aromatic carbocycles. The minimum absolute atomic E-state index is 0.178. The Morgan fingerprint density at radius 2 is 1.70 bits per heavy atom. The van der Waals surface area contributed by atoms with E-state index in [0.717, 1.165) is 24.5 Å². The number of rotatable bonds is 9. The first-order valence-electron chi connectivity index (χ1n) is 10.0. The van der Waals surface area contributed by atoms with Crippen molar-refractivity contribution in [3.63, 3.8) is 0 Å². The Bertz CT molecular complexity index is 968. The van der Waals surface area contributed by atoms with Gasteiger partial charge in [0.05, 0.1) is 5.75 Å². The van der Waals surface area contributed by atoms with E-state index in [-0.39, 0.29) is 17.5 Å². The summed E-state index contributed by atoms with van der Waals surface area (Å²) in [5.74, 6) is 0.458. The Kier molecular flexibility index (Phi) is 7.46. The maximum absolute atomic E-state index is 13.0. The first kappa shape index (κ1) is 21.8. The van der Waals surface area contributed by atoms with Gasteiger partial charge in [-0.2, -0.15) is 0 Å². The quantitative estimate of drug-likeness (QED) is 0.502. The zero-order valence-corrected chi connectivity index (χ0v) is 18.2. The zero-order valence-electron chi connectivity index (χ0n) is 17.4. The van der Waals surface area contributed by atoms with Gasteiger partial charge in [-0.15, -0.1) is 10.2 Å². The predicted octanol–water partition coefficient (Wildman–Crippen LogP) is 4.68. The van der Waals surface area contributed by atoms with Crippen LogP contribution in [0.25, 0.3) is 11.4 Å². The first-order chi connectivity index (χ1) is 14.5. The fourth-order valence-corrected chi connectivity index (χ4v) is 3.97. The number of nitrogens with one attached hydrogen (secondary N) is 1. The molecule has 0 saturated carbocycles. The number of aromatic nitrogens is 3. The van der Waals surface area contributed by atoms with Crippen LogP contribution in [0.5, 0.6) is 0 Å². The molecule has 158 valence electrons. The lowest BCUT2D eigenvalue weighted by Crippen LogP contribution is -2.21. The van der Waals surface area contributed by atoms with Crippen LogP contribution in [0.15, 0.2) is 53.7 Å². The molecule has 0 aliphatic carbocycles. The van der Waals surface area contributed by atoms with Gasteiger partial charge in [0.15, 0.2) is 11.0 Å². The molecule has 0 aliphatic rings. The van der Waals surface area contributed by atoms with E-state index >= 15 is 0 Å². The largest absolute Gasteiger partial charge is 0.372 e. The van der Waals surface area contributed by atoms with Crippen molar-refractivity contribution < 1.29 is 9.18 Å². The van der Waals surface area contributed by atoms with Gasteiger partial charge < -0.3 is 14.8 Å². The number of hydrogen-bond donors (Lipinski definition) is 1. The topological polar surface area (TPSA) is 63.1 Å².